The van der Waals surface area contributed by atoms with Crippen molar-refractivity contribution in [2.24, 2.45) is 10.7 Å². The molecule has 1 aliphatic rings. The second kappa shape index (κ2) is 9.35. The van der Waals surface area contributed by atoms with Crippen molar-refractivity contribution in [1.29, 1.82) is 0 Å². The third kappa shape index (κ3) is 6.12. The Hall–Kier alpha value is -0.820. The highest BCUT2D eigenvalue weighted by Crippen LogP contribution is 2.25. The van der Waals surface area contributed by atoms with Crippen LogP contribution in [0, 0.1) is 0 Å². The van der Waals surface area contributed by atoms with Crippen LogP contribution in [0.3, 0.4) is 0 Å². The van der Waals surface area contributed by atoms with Gasteiger partial charge in [0.05, 0.1) is 6.54 Å². The summed E-state index contributed by atoms with van der Waals surface area (Å²) in [4.78, 5) is 6.92. The zero-order chi connectivity index (χ0) is 15.2. The number of anilines is 1. The van der Waals surface area contributed by atoms with Crippen LogP contribution in [0.4, 0.5) is 5.69 Å². The number of rotatable bonds is 7. The van der Waals surface area contributed by atoms with Crippen LogP contribution in [0.2, 0.25) is 0 Å². The molecule has 0 unspecified atom stereocenters. The first kappa shape index (κ1) is 19.2. The number of nitrogens with one attached hydrogen (secondary N) is 1. The summed E-state index contributed by atoms with van der Waals surface area (Å²) in [6.45, 7) is 9.44. The van der Waals surface area contributed by atoms with E-state index in [0.717, 1.165) is 31.4 Å². The van der Waals surface area contributed by atoms with Gasteiger partial charge in [-0.05, 0) is 43.0 Å². The lowest BCUT2D eigenvalue weighted by Gasteiger charge is -2.18. The number of hydrogen-bond acceptors (Lipinski definition) is 2. The van der Waals surface area contributed by atoms with Crippen molar-refractivity contribution in [3.05, 3.63) is 29.8 Å². The smallest absolute Gasteiger partial charge is 0.193 e. The van der Waals surface area contributed by atoms with Gasteiger partial charge in [0.1, 0.15) is 0 Å². The van der Waals surface area contributed by atoms with Crippen LogP contribution < -0.4 is 11.1 Å². The van der Waals surface area contributed by atoms with Gasteiger partial charge < -0.3 is 11.1 Å². The van der Waals surface area contributed by atoms with E-state index in [1.165, 1.54) is 18.4 Å². The van der Waals surface area contributed by atoms with E-state index >= 15 is 0 Å². The summed E-state index contributed by atoms with van der Waals surface area (Å²) in [6, 6.07) is 9.14. The van der Waals surface area contributed by atoms with Crippen molar-refractivity contribution in [3.63, 3.8) is 0 Å². The molecule has 0 amide bonds. The van der Waals surface area contributed by atoms with Gasteiger partial charge in [0.25, 0.3) is 0 Å². The average Bonchev–Trinajstić information content (AvgIpc) is 3.28. The Morgan fingerprint density at radius 1 is 1.41 bits per heavy atom. The number of halogens is 1. The zero-order valence-corrected chi connectivity index (χ0v) is 16.2. The molecule has 1 aliphatic carbocycles. The van der Waals surface area contributed by atoms with Crippen LogP contribution in [-0.2, 0) is 0 Å². The number of likely N-dealkylation sites (N-methyl/N-ethyl adjacent to an activating group) is 1. The minimum atomic E-state index is 0. The number of nitrogens with zero attached hydrogens (tertiary/aromatic N) is 2. The Labute approximate surface area is 151 Å². The van der Waals surface area contributed by atoms with Gasteiger partial charge in [0.2, 0.25) is 0 Å². The third-order valence-corrected chi connectivity index (χ3v) is 3.96. The summed E-state index contributed by atoms with van der Waals surface area (Å²) in [7, 11) is 0. The van der Waals surface area contributed by atoms with Crippen molar-refractivity contribution in [2.75, 3.05) is 25.0 Å². The summed E-state index contributed by atoms with van der Waals surface area (Å²) in [6.07, 6.45) is 2.68. The molecule has 0 atom stereocenters. The first-order chi connectivity index (χ1) is 10.1. The summed E-state index contributed by atoms with van der Waals surface area (Å²) in [5.74, 6) is 1.02. The molecule has 3 N–H and O–H groups in total. The minimum absolute atomic E-state index is 0. The highest BCUT2D eigenvalue weighted by molar-refractivity contribution is 14.0. The van der Waals surface area contributed by atoms with Gasteiger partial charge in [0, 0.05) is 18.3 Å². The molecule has 22 heavy (non-hydrogen) atoms. The van der Waals surface area contributed by atoms with Gasteiger partial charge in [0.15, 0.2) is 5.96 Å². The van der Waals surface area contributed by atoms with Gasteiger partial charge >= 0.3 is 0 Å². The predicted molar refractivity (Wildman–Crippen MR) is 106 cm³/mol. The zero-order valence-electron chi connectivity index (χ0n) is 13.9. The maximum atomic E-state index is 5.97. The van der Waals surface area contributed by atoms with Crippen molar-refractivity contribution < 1.29 is 0 Å². The summed E-state index contributed by atoms with van der Waals surface area (Å²) in [5.41, 5.74) is 8.29. The Morgan fingerprint density at radius 3 is 2.73 bits per heavy atom. The number of hydrogen-bond donors (Lipinski definition) is 2. The molecule has 0 radical (unpaired) electrons. The molecule has 2 rings (SSSR count). The molecule has 124 valence electrons. The Morgan fingerprint density at radius 2 is 2.14 bits per heavy atom. The molecule has 0 aromatic heterocycles. The highest BCUT2D eigenvalue weighted by Gasteiger charge is 2.26. The second-order valence-electron chi connectivity index (χ2n) is 6.03. The fourth-order valence-electron chi connectivity index (χ4n) is 2.50. The largest absolute Gasteiger partial charge is 0.370 e. The van der Waals surface area contributed by atoms with E-state index in [9.17, 15) is 0 Å². The molecule has 1 aromatic carbocycles. The quantitative estimate of drug-likeness (QED) is 0.406. The van der Waals surface area contributed by atoms with Gasteiger partial charge in [-0.2, -0.15) is 0 Å². The first-order valence-electron chi connectivity index (χ1n) is 8.01. The molecule has 1 fully saturated rings. The monoisotopic (exact) mass is 416 g/mol. The van der Waals surface area contributed by atoms with Crippen molar-refractivity contribution in [2.45, 2.75) is 45.6 Å². The van der Waals surface area contributed by atoms with Crippen LogP contribution in [0.25, 0.3) is 0 Å². The Balaban J connectivity index is 0.00000242. The number of guanidine groups is 1. The van der Waals surface area contributed by atoms with Crippen LogP contribution >= 0.6 is 24.0 Å². The minimum Gasteiger partial charge on any atom is -0.370 e. The fourth-order valence-corrected chi connectivity index (χ4v) is 2.50. The van der Waals surface area contributed by atoms with Crippen molar-refractivity contribution >= 4 is 35.6 Å². The normalized spacial score (nSPS) is 15.0. The fraction of sp³-hybridized carbons (Fsp3) is 0.588. The molecule has 0 aliphatic heterocycles. The molecule has 0 spiro atoms. The van der Waals surface area contributed by atoms with E-state index in [1.807, 2.05) is 6.07 Å². The lowest BCUT2D eigenvalue weighted by Crippen LogP contribution is -2.30. The van der Waals surface area contributed by atoms with Crippen LogP contribution in [0.1, 0.15) is 45.1 Å². The number of aliphatic imine (C=N–C) groups is 1. The first-order valence-corrected chi connectivity index (χ1v) is 8.01. The standard InChI is InChI=1S/C17H28N4.HI/c1-4-21(16-8-9-16)11-10-19-17(18)20-15-7-5-6-14(12-15)13(2)3;/h5-7,12-13,16H,4,8-11H2,1-3H3,(H3,18,19,20);1H. The average molecular weight is 416 g/mol. The molecular weight excluding hydrogens is 387 g/mol. The van der Waals surface area contributed by atoms with Crippen LogP contribution in [-0.4, -0.2) is 36.5 Å². The van der Waals surface area contributed by atoms with Gasteiger partial charge in [-0.1, -0.05) is 32.9 Å². The molecule has 0 bridgehead atoms. The maximum Gasteiger partial charge on any atom is 0.193 e. The molecule has 1 saturated carbocycles. The van der Waals surface area contributed by atoms with Gasteiger partial charge in [-0.3, -0.25) is 9.89 Å². The van der Waals surface area contributed by atoms with Crippen LogP contribution in [0.5, 0.6) is 0 Å². The van der Waals surface area contributed by atoms with Crippen molar-refractivity contribution in [3.8, 4) is 0 Å². The van der Waals surface area contributed by atoms with Crippen LogP contribution in [0.15, 0.2) is 29.3 Å². The summed E-state index contributed by atoms with van der Waals surface area (Å²) in [5, 5.41) is 3.18. The van der Waals surface area contributed by atoms with Gasteiger partial charge in [-0.15, -0.1) is 24.0 Å². The predicted octanol–water partition coefficient (Wildman–Crippen LogP) is 3.64. The molecule has 4 nitrogen and oxygen atoms in total. The molecule has 1 aromatic rings. The summed E-state index contributed by atoms with van der Waals surface area (Å²) >= 11 is 0. The maximum absolute atomic E-state index is 5.97. The SMILES string of the molecule is CCN(CCN=C(N)Nc1cccc(C(C)C)c1)C1CC1.I. The second-order valence-corrected chi connectivity index (χ2v) is 6.03. The van der Waals surface area contributed by atoms with E-state index < -0.39 is 0 Å². The number of nitrogens with two attached hydrogens (primary N) is 1. The third-order valence-electron chi connectivity index (χ3n) is 3.96. The summed E-state index contributed by atoms with van der Waals surface area (Å²) < 4.78 is 0. The molecule has 0 heterocycles. The number of benzene rings is 1. The van der Waals surface area contributed by atoms with E-state index in [0.29, 0.717) is 11.9 Å². The topological polar surface area (TPSA) is 53.6 Å². The highest BCUT2D eigenvalue weighted by atomic mass is 127. The molecular formula is C17H29IN4. The lowest BCUT2D eigenvalue weighted by molar-refractivity contribution is 0.286. The van der Waals surface area contributed by atoms with E-state index in [1.54, 1.807) is 0 Å². The Bertz CT molecular complexity index is 483. The lowest BCUT2D eigenvalue weighted by atomic mass is 10.0. The molecule has 5 heteroatoms. The Kier molecular flexibility index (Phi) is 8.17. The van der Waals surface area contributed by atoms with E-state index in [-0.39, 0.29) is 24.0 Å². The van der Waals surface area contributed by atoms with E-state index in [2.05, 4.69) is 54.2 Å². The molecule has 0 saturated heterocycles. The van der Waals surface area contributed by atoms with Crippen molar-refractivity contribution in [1.82, 2.24) is 4.90 Å². The van der Waals surface area contributed by atoms with Gasteiger partial charge in [-0.25, -0.2) is 0 Å². The van der Waals surface area contributed by atoms with E-state index in [4.69, 9.17) is 5.73 Å².